The number of amides is 2. The van der Waals surface area contributed by atoms with E-state index in [-0.39, 0.29) is 29.6 Å². The maximum absolute atomic E-state index is 13.2. The first-order valence-electron chi connectivity index (χ1n) is 11.9. The number of hydrogen-bond donors (Lipinski definition) is 2. The summed E-state index contributed by atoms with van der Waals surface area (Å²) in [7, 11) is 3.01. The van der Waals surface area contributed by atoms with Crippen LogP contribution in [0, 0.1) is 24.0 Å². The van der Waals surface area contributed by atoms with Crippen LogP contribution in [0.5, 0.6) is 5.75 Å². The molecular weight excluding hydrogens is 462 g/mol. The molecule has 1 aliphatic carbocycles. The maximum atomic E-state index is 13.2. The molecule has 35 heavy (non-hydrogen) atoms. The van der Waals surface area contributed by atoms with Crippen molar-refractivity contribution in [3.05, 3.63) is 62.7 Å². The van der Waals surface area contributed by atoms with E-state index in [0.29, 0.717) is 29.0 Å². The van der Waals surface area contributed by atoms with E-state index in [1.165, 1.54) is 0 Å². The van der Waals surface area contributed by atoms with Gasteiger partial charge < -0.3 is 19.8 Å². The zero-order valence-corrected chi connectivity index (χ0v) is 22.1. The summed E-state index contributed by atoms with van der Waals surface area (Å²) < 4.78 is 11.5. The average molecular weight is 497 g/mol. The van der Waals surface area contributed by atoms with Crippen molar-refractivity contribution in [2.45, 2.75) is 84.5 Å². The summed E-state index contributed by atoms with van der Waals surface area (Å²) in [6.07, 6.45) is 3.69. The normalized spacial score (nSPS) is 18.1. The van der Waals surface area contributed by atoms with Crippen molar-refractivity contribution in [2.75, 3.05) is 5.32 Å². The van der Waals surface area contributed by atoms with Gasteiger partial charge in [0.05, 0.1) is 29.4 Å². The van der Waals surface area contributed by atoms with E-state index in [4.69, 9.17) is 9.16 Å². The second kappa shape index (κ2) is 11.2. The van der Waals surface area contributed by atoms with E-state index < -0.39 is 10.3 Å². The van der Waals surface area contributed by atoms with Crippen LogP contribution in [0.25, 0.3) is 0 Å². The van der Waals surface area contributed by atoms with Gasteiger partial charge in [-0.25, -0.2) is 4.79 Å². The number of urea groups is 1. The molecule has 2 aromatic rings. The fourth-order valence-electron chi connectivity index (χ4n) is 4.70. The van der Waals surface area contributed by atoms with Gasteiger partial charge in [-0.05, 0) is 43.2 Å². The number of ether oxygens (including phenoxy) is 1. The van der Waals surface area contributed by atoms with Gasteiger partial charge >= 0.3 is 22.2 Å². The van der Waals surface area contributed by atoms with Crippen molar-refractivity contribution in [3.8, 4) is 5.75 Å². The second-order valence-electron chi connectivity index (χ2n) is 10.1. The molecule has 2 N–H and O–H groups in total. The molecule has 8 nitrogen and oxygen atoms in total. The first kappa shape index (κ1) is 26.7. The molecular formula is C26H34N3O5Si. The van der Waals surface area contributed by atoms with Crippen molar-refractivity contribution in [1.82, 2.24) is 5.32 Å². The van der Waals surface area contributed by atoms with E-state index in [0.717, 1.165) is 31.2 Å². The number of nitro groups is 1. The first-order chi connectivity index (χ1) is 16.5. The fraction of sp³-hybridized carbons (Fsp3) is 0.500. The van der Waals surface area contributed by atoms with Crippen LogP contribution < -0.4 is 15.1 Å². The molecule has 2 aromatic carbocycles. The lowest BCUT2D eigenvalue weighted by Gasteiger charge is -2.33. The molecule has 0 bridgehead atoms. The summed E-state index contributed by atoms with van der Waals surface area (Å²) in [6.45, 7) is 9.70. The first-order valence-corrected chi connectivity index (χ1v) is 12.3. The van der Waals surface area contributed by atoms with Gasteiger partial charge in [0.1, 0.15) is 0 Å². The van der Waals surface area contributed by atoms with Crippen molar-refractivity contribution in [1.29, 1.82) is 0 Å². The Morgan fingerprint density at radius 2 is 1.80 bits per heavy atom. The maximum Gasteiger partial charge on any atom is 0.341 e. The van der Waals surface area contributed by atoms with Gasteiger partial charge in [-0.15, -0.1) is 0 Å². The Kier molecular flexibility index (Phi) is 8.55. The van der Waals surface area contributed by atoms with Gasteiger partial charge in [0.15, 0.2) is 5.75 Å². The zero-order chi connectivity index (χ0) is 25.8. The van der Waals surface area contributed by atoms with Gasteiger partial charge in [0.2, 0.25) is 0 Å². The summed E-state index contributed by atoms with van der Waals surface area (Å²) in [6, 6.07) is 9.48. The van der Waals surface area contributed by atoms with Crippen LogP contribution >= 0.6 is 0 Å². The second-order valence-corrected chi connectivity index (χ2v) is 10.3. The number of carbonyl (C=O) groups excluding carboxylic acids is 1. The Labute approximate surface area is 210 Å². The van der Waals surface area contributed by atoms with E-state index in [9.17, 15) is 14.9 Å². The van der Waals surface area contributed by atoms with Crippen molar-refractivity contribution in [3.63, 3.8) is 0 Å². The van der Waals surface area contributed by atoms with Crippen molar-refractivity contribution in [2.24, 2.45) is 0 Å². The van der Waals surface area contributed by atoms with E-state index in [1.807, 2.05) is 51.1 Å². The molecule has 0 heterocycles. The number of rotatable bonds is 7. The minimum atomic E-state index is -0.542. The molecule has 1 aliphatic rings. The van der Waals surface area contributed by atoms with E-state index >= 15 is 0 Å². The Morgan fingerprint density at radius 3 is 2.40 bits per heavy atom. The lowest BCUT2D eigenvalue weighted by Crippen LogP contribution is -2.48. The molecule has 0 saturated heterocycles. The standard InChI is InChI=1S/C26H34N3O5Si/c1-16-17(2)23(29(31)32)24(34-35)21(26(3,4)5)22(16)28-25(30)27-19-13-9-10-14-20(19)33-15-18-11-7-6-8-12-18/h6-8,11-12,19-20H,9-10,13-15H2,1-5H3,(H2,27,28,30)/t19-,20-/m1/s1. The minimum absolute atomic E-state index is 0.0855. The Morgan fingerprint density at radius 1 is 1.14 bits per heavy atom. The number of carbonyl (C=O) groups is 1. The van der Waals surface area contributed by atoms with Crippen molar-refractivity contribution < 1.29 is 18.9 Å². The van der Waals surface area contributed by atoms with Crippen LogP contribution in [0.4, 0.5) is 16.2 Å². The van der Waals surface area contributed by atoms with Crippen LogP contribution in [0.3, 0.4) is 0 Å². The monoisotopic (exact) mass is 496 g/mol. The van der Waals surface area contributed by atoms with E-state index in [1.54, 1.807) is 13.8 Å². The molecule has 2 atom stereocenters. The smallest absolute Gasteiger partial charge is 0.341 e. The SMILES string of the molecule is Cc1c(C)c([N+](=O)[O-])c(O[Si])c(C(C)(C)C)c1NC(=O)N[C@@H]1CCCC[C@H]1OCc1ccccc1. The number of nitro benzene ring substituents is 1. The number of anilines is 1. The average Bonchev–Trinajstić information content (AvgIpc) is 2.80. The molecule has 1 saturated carbocycles. The highest BCUT2D eigenvalue weighted by atomic mass is 28.2. The molecule has 0 spiro atoms. The molecule has 0 unspecified atom stereocenters. The molecule has 1 fully saturated rings. The summed E-state index contributed by atoms with van der Waals surface area (Å²) in [5.41, 5.74) is 2.57. The predicted octanol–water partition coefficient (Wildman–Crippen LogP) is 5.62. The highest BCUT2D eigenvalue weighted by Crippen LogP contribution is 2.47. The molecule has 187 valence electrons. The quantitative estimate of drug-likeness (QED) is 0.294. The van der Waals surface area contributed by atoms with Gasteiger partial charge in [-0.1, -0.05) is 63.9 Å². The van der Waals surface area contributed by atoms with Gasteiger partial charge in [-0.2, -0.15) is 0 Å². The van der Waals surface area contributed by atoms with Gasteiger partial charge in [0, 0.05) is 11.1 Å². The van der Waals surface area contributed by atoms with Crippen LogP contribution in [0.15, 0.2) is 30.3 Å². The molecule has 0 aromatic heterocycles. The summed E-state index contributed by atoms with van der Waals surface area (Å²) in [4.78, 5) is 24.6. The Balaban J connectivity index is 1.84. The van der Waals surface area contributed by atoms with Crippen LogP contribution in [-0.2, 0) is 16.8 Å². The van der Waals surface area contributed by atoms with E-state index in [2.05, 4.69) is 21.1 Å². The fourth-order valence-corrected chi connectivity index (χ4v) is 4.90. The highest BCUT2D eigenvalue weighted by molar-refractivity contribution is 6.01. The number of nitrogens with zero attached hydrogens (tertiary/aromatic N) is 1. The predicted molar refractivity (Wildman–Crippen MR) is 137 cm³/mol. The Hall–Kier alpha value is -2.91. The zero-order valence-electron chi connectivity index (χ0n) is 21.1. The van der Waals surface area contributed by atoms with Crippen LogP contribution in [0.1, 0.15) is 68.7 Å². The van der Waals surface area contributed by atoms with Crippen LogP contribution in [-0.4, -0.2) is 33.6 Å². The Bertz CT molecular complexity index is 1070. The summed E-state index contributed by atoms with van der Waals surface area (Å²) in [5.74, 6) is 0.0966. The molecule has 0 aliphatic heterocycles. The number of hydrogen-bond acceptors (Lipinski definition) is 5. The third-order valence-corrected chi connectivity index (χ3v) is 6.79. The van der Waals surface area contributed by atoms with Crippen LogP contribution in [0.2, 0.25) is 0 Å². The van der Waals surface area contributed by atoms with Gasteiger partial charge in [0.25, 0.3) is 0 Å². The molecule has 2 amide bonds. The summed E-state index contributed by atoms with van der Waals surface area (Å²) >= 11 is 0. The number of benzene rings is 2. The lowest BCUT2D eigenvalue weighted by molar-refractivity contribution is -0.386. The molecule has 3 radical (unpaired) electrons. The molecule has 3 rings (SSSR count). The largest absolute Gasteiger partial charge is 0.536 e. The molecule has 9 heteroatoms. The third kappa shape index (κ3) is 6.21. The number of nitrogens with one attached hydrogen (secondary N) is 2. The topological polar surface area (TPSA) is 103 Å². The van der Waals surface area contributed by atoms with Gasteiger partial charge in [-0.3, -0.25) is 10.1 Å². The van der Waals surface area contributed by atoms with Crippen molar-refractivity contribution >= 4 is 27.9 Å². The summed E-state index contributed by atoms with van der Waals surface area (Å²) in [5, 5.41) is 17.9. The lowest BCUT2D eigenvalue weighted by atomic mass is 9.82. The highest BCUT2D eigenvalue weighted by Gasteiger charge is 2.35. The third-order valence-electron chi connectivity index (χ3n) is 6.58. The minimum Gasteiger partial charge on any atom is -0.536 e.